The number of methoxy groups -OCH3 is 3. The predicted molar refractivity (Wildman–Crippen MR) is 102 cm³/mol. The number of rotatable bonds is 8. The van der Waals surface area contributed by atoms with Gasteiger partial charge in [0.1, 0.15) is 10.7 Å². The predicted octanol–water partition coefficient (Wildman–Crippen LogP) is 2.15. The number of ether oxygens (including phenoxy) is 4. The molecule has 0 aliphatic carbocycles. The van der Waals surface area contributed by atoms with E-state index in [1.165, 1.54) is 27.4 Å². The van der Waals surface area contributed by atoms with Gasteiger partial charge in [0, 0.05) is 19.9 Å². The van der Waals surface area contributed by atoms with Gasteiger partial charge in [-0.2, -0.15) is 0 Å². The summed E-state index contributed by atoms with van der Waals surface area (Å²) in [5.41, 5.74) is 0.501. The minimum absolute atomic E-state index is 0.0119. The Morgan fingerprint density at radius 1 is 1.13 bits per heavy atom. The van der Waals surface area contributed by atoms with Gasteiger partial charge < -0.3 is 28.7 Å². The van der Waals surface area contributed by atoms with Crippen LogP contribution in [-0.2, 0) is 28.5 Å². The van der Waals surface area contributed by atoms with Crippen LogP contribution in [0.4, 0.5) is 5.88 Å². The highest BCUT2D eigenvalue weighted by Crippen LogP contribution is 2.41. The summed E-state index contributed by atoms with van der Waals surface area (Å²) in [4.78, 5) is 36.0. The van der Waals surface area contributed by atoms with Gasteiger partial charge in [-0.15, -0.1) is 0 Å². The zero-order valence-electron chi connectivity index (χ0n) is 17.5. The first-order valence-electron chi connectivity index (χ1n) is 8.97. The van der Waals surface area contributed by atoms with Gasteiger partial charge in [0.2, 0.25) is 0 Å². The largest absolute Gasteiger partial charge is 0.466 e. The lowest BCUT2D eigenvalue weighted by Gasteiger charge is -2.32. The van der Waals surface area contributed by atoms with Crippen molar-refractivity contribution in [1.82, 2.24) is 5.32 Å². The van der Waals surface area contributed by atoms with E-state index in [4.69, 9.17) is 23.4 Å². The normalized spacial score (nSPS) is 16.7. The molecule has 1 N–H and O–H groups in total. The minimum atomic E-state index is -1.15. The molecule has 0 bridgehead atoms. The molecule has 30 heavy (non-hydrogen) atoms. The maximum atomic E-state index is 12.9. The third-order valence-electron chi connectivity index (χ3n) is 4.30. The van der Waals surface area contributed by atoms with E-state index < -0.39 is 41.1 Å². The van der Waals surface area contributed by atoms with E-state index in [1.807, 2.05) is 0 Å². The van der Waals surface area contributed by atoms with Crippen LogP contribution >= 0.6 is 0 Å². The fourth-order valence-electron chi connectivity index (χ4n) is 3.14. The summed E-state index contributed by atoms with van der Waals surface area (Å²) in [5, 5.41) is 14.1. The Kier molecular flexibility index (Phi) is 7.35. The van der Waals surface area contributed by atoms with E-state index in [9.17, 15) is 19.7 Å². The van der Waals surface area contributed by atoms with Crippen LogP contribution < -0.4 is 5.32 Å². The molecule has 11 nitrogen and oxygen atoms in total. The van der Waals surface area contributed by atoms with Crippen molar-refractivity contribution < 1.29 is 37.9 Å². The molecule has 0 aromatic carbocycles. The number of carbonyl (C=O) groups is 2. The smallest absolute Gasteiger partial charge is 0.433 e. The SMILES string of the molecule is COC(=O)C1=C(C(OC)OC)NC(C)=C(C(=O)OC(C)C)[C@@H]1c1ccc([N+](=O)[O-])o1. The second-order valence-electron chi connectivity index (χ2n) is 6.61. The summed E-state index contributed by atoms with van der Waals surface area (Å²) in [6, 6.07) is 2.45. The van der Waals surface area contributed by atoms with Crippen molar-refractivity contribution in [2.24, 2.45) is 0 Å². The molecule has 164 valence electrons. The molecule has 0 saturated carbocycles. The number of nitrogens with one attached hydrogen (secondary N) is 1. The first-order valence-corrected chi connectivity index (χ1v) is 8.97. The number of allylic oxidation sites excluding steroid dienone is 1. The van der Waals surface area contributed by atoms with Crippen molar-refractivity contribution in [2.75, 3.05) is 21.3 Å². The summed E-state index contributed by atoms with van der Waals surface area (Å²) in [6.45, 7) is 4.94. The Morgan fingerprint density at radius 2 is 1.77 bits per heavy atom. The number of hydrogen-bond acceptors (Lipinski definition) is 10. The lowest BCUT2D eigenvalue weighted by molar-refractivity contribution is -0.402. The first kappa shape index (κ1) is 23.1. The highest BCUT2D eigenvalue weighted by molar-refractivity contribution is 5.99. The number of hydrogen-bond donors (Lipinski definition) is 1. The molecule has 1 aromatic rings. The summed E-state index contributed by atoms with van der Waals surface area (Å²) in [6.07, 6.45) is -1.45. The van der Waals surface area contributed by atoms with Crippen LogP contribution in [0, 0.1) is 10.1 Å². The third kappa shape index (κ3) is 4.52. The number of carbonyl (C=O) groups excluding carboxylic acids is 2. The van der Waals surface area contributed by atoms with Gasteiger partial charge in [-0.1, -0.05) is 0 Å². The average molecular weight is 424 g/mol. The fourth-order valence-corrected chi connectivity index (χ4v) is 3.14. The second kappa shape index (κ2) is 9.55. The summed E-state index contributed by atoms with van der Waals surface area (Å²) in [5.74, 6) is -3.23. The molecular formula is C19H24N2O9. The standard InChI is InChI=1S/C19H24N2O9/c1-9(2)29-18(23)13-10(3)20-16(19(27-5)28-6)15(17(22)26-4)14(13)11-7-8-12(30-11)21(24)25/h7-9,14,19-20H,1-6H3/t14-/m0/s1. The fraction of sp³-hybridized carbons (Fsp3) is 0.474. The van der Waals surface area contributed by atoms with Gasteiger partial charge >= 0.3 is 17.8 Å². The van der Waals surface area contributed by atoms with Crippen LogP contribution in [0.1, 0.15) is 32.4 Å². The highest BCUT2D eigenvalue weighted by atomic mass is 16.7. The van der Waals surface area contributed by atoms with Gasteiger partial charge in [0.25, 0.3) is 0 Å². The van der Waals surface area contributed by atoms with E-state index in [2.05, 4.69) is 5.32 Å². The molecule has 11 heteroatoms. The molecule has 0 radical (unpaired) electrons. The summed E-state index contributed by atoms with van der Waals surface area (Å²) >= 11 is 0. The number of furan rings is 1. The van der Waals surface area contributed by atoms with Crippen LogP contribution in [0.5, 0.6) is 0 Å². The molecule has 1 aromatic heterocycles. The summed E-state index contributed by atoms with van der Waals surface area (Å²) < 4.78 is 26.1. The molecule has 1 aliphatic heterocycles. The van der Waals surface area contributed by atoms with E-state index >= 15 is 0 Å². The number of nitro groups is 1. The van der Waals surface area contributed by atoms with Crippen molar-refractivity contribution in [2.45, 2.75) is 39.1 Å². The zero-order valence-corrected chi connectivity index (χ0v) is 17.5. The van der Waals surface area contributed by atoms with E-state index in [1.54, 1.807) is 20.8 Å². The van der Waals surface area contributed by atoms with E-state index in [-0.39, 0.29) is 22.6 Å². The van der Waals surface area contributed by atoms with Crippen molar-refractivity contribution >= 4 is 17.8 Å². The number of nitrogens with zero attached hydrogens (tertiary/aromatic N) is 1. The van der Waals surface area contributed by atoms with Crippen LogP contribution in [0.3, 0.4) is 0 Å². The van der Waals surface area contributed by atoms with E-state index in [0.29, 0.717) is 5.70 Å². The molecule has 0 fully saturated rings. The van der Waals surface area contributed by atoms with Crippen LogP contribution in [0.15, 0.2) is 39.1 Å². The molecule has 0 spiro atoms. The molecule has 0 amide bonds. The third-order valence-corrected chi connectivity index (χ3v) is 4.30. The summed E-state index contributed by atoms with van der Waals surface area (Å²) in [7, 11) is 3.90. The van der Waals surface area contributed by atoms with Gasteiger partial charge in [-0.3, -0.25) is 10.1 Å². The zero-order chi connectivity index (χ0) is 22.6. The van der Waals surface area contributed by atoms with E-state index in [0.717, 1.165) is 6.07 Å². The van der Waals surface area contributed by atoms with Crippen molar-refractivity contribution in [3.8, 4) is 0 Å². The Bertz CT molecular complexity index is 894. The van der Waals surface area contributed by atoms with Crippen LogP contribution in [0.25, 0.3) is 0 Å². The quantitative estimate of drug-likeness (QED) is 0.286. The highest BCUT2D eigenvalue weighted by Gasteiger charge is 2.43. The second-order valence-corrected chi connectivity index (χ2v) is 6.61. The van der Waals surface area contributed by atoms with Crippen molar-refractivity contribution in [1.29, 1.82) is 0 Å². The molecule has 2 rings (SSSR count). The lowest BCUT2D eigenvalue weighted by atomic mass is 9.83. The van der Waals surface area contributed by atoms with Gasteiger partial charge in [-0.05, 0) is 26.8 Å². The van der Waals surface area contributed by atoms with Crippen molar-refractivity contribution in [3.05, 3.63) is 50.5 Å². The van der Waals surface area contributed by atoms with Crippen LogP contribution in [0.2, 0.25) is 0 Å². The lowest BCUT2D eigenvalue weighted by Crippen LogP contribution is -2.38. The van der Waals surface area contributed by atoms with Gasteiger partial charge in [0.15, 0.2) is 6.29 Å². The van der Waals surface area contributed by atoms with Crippen LogP contribution in [-0.4, -0.2) is 50.6 Å². The number of dihydropyridines is 1. The maximum absolute atomic E-state index is 12.9. The minimum Gasteiger partial charge on any atom is -0.466 e. The Balaban J connectivity index is 2.77. The Labute approximate surface area is 172 Å². The molecule has 2 heterocycles. The van der Waals surface area contributed by atoms with Gasteiger partial charge in [0.05, 0.1) is 42.0 Å². The molecular weight excluding hydrogens is 400 g/mol. The molecule has 1 aliphatic rings. The average Bonchev–Trinajstić information content (AvgIpc) is 3.17. The molecule has 0 unspecified atom stereocenters. The topological polar surface area (TPSA) is 139 Å². The van der Waals surface area contributed by atoms with Gasteiger partial charge in [-0.25, -0.2) is 9.59 Å². The Morgan fingerprint density at radius 3 is 2.23 bits per heavy atom. The molecule has 1 atom stereocenters. The maximum Gasteiger partial charge on any atom is 0.433 e. The van der Waals surface area contributed by atoms with Crippen molar-refractivity contribution in [3.63, 3.8) is 0 Å². The number of esters is 2. The Hall–Kier alpha value is -3.18. The monoisotopic (exact) mass is 424 g/mol. The first-order chi connectivity index (χ1) is 14.2. The molecule has 0 saturated heterocycles.